The second-order valence-corrected chi connectivity index (χ2v) is 7.98. The van der Waals surface area contributed by atoms with Crippen LogP contribution in [0, 0.1) is 5.92 Å². The molecule has 0 aromatic heterocycles. The maximum Gasteiger partial charge on any atom is 0.223 e. The van der Waals surface area contributed by atoms with E-state index in [1.165, 1.54) is 38.5 Å². The first kappa shape index (κ1) is 21.2. The van der Waals surface area contributed by atoms with E-state index in [0.717, 1.165) is 45.8 Å². The number of ether oxygens (including phenoxy) is 1. The summed E-state index contributed by atoms with van der Waals surface area (Å²) >= 11 is 0. The van der Waals surface area contributed by atoms with Crippen LogP contribution >= 0.6 is 24.8 Å². The summed E-state index contributed by atoms with van der Waals surface area (Å²) in [5.74, 6) is 1.04. The Kier molecular flexibility index (Phi) is 8.28. The van der Waals surface area contributed by atoms with Crippen LogP contribution in [0.5, 0.6) is 0 Å². The van der Waals surface area contributed by atoms with Gasteiger partial charge in [-0.05, 0) is 44.4 Å². The topological polar surface area (TPSA) is 44.8 Å². The Labute approximate surface area is 164 Å². The molecule has 4 aliphatic heterocycles. The van der Waals surface area contributed by atoms with Gasteiger partial charge >= 0.3 is 0 Å². The summed E-state index contributed by atoms with van der Waals surface area (Å²) in [6.45, 7) is 5.77. The lowest BCUT2D eigenvalue weighted by molar-refractivity contribution is -0.133. The molecule has 2 bridgehead atoms. The number of rotatable bonds is 4. The third-order valence-electron chi connectivity index (χ3n) is 6.30. The van der Waals surface area contributed by atoms with Gasteiger partial charge in [-0.25, -0.2) is 0 Å². The van der Waals surface area contributed by atoms with Crippen LogP contribution in [0.2, 0.25) is 0 Å². The number of nitrogens with zero attached hydrogens (tertiary/aromatic N) is 2. The largest absolute Gasteiger partial charge is 0.379 e. The lowest BCUT2D eigenvalue weighted by Crippen LogP contribution is -2.47. The molecule has 4 fully saturated rings. The summed E-state index contributed by atoms with van der Waals surface area (Å²) in [5.41, 5.74) is 0. The average molecular weight is 394 g/mol. The van der Waals surface area contributed by atoms with Gasteiger partial charge in [0, 0.05) is 50.7 Å². The molecule has 4 saturated heterocycles. The van der Waals surface area contributed by atoms with Crippen molar-refractivity contribution in [3.05, 3.63) is 0 Å². The standard InChI is InChI=1S/C18H31N3O2.2ClH/c22-18(12-14-10-15-3-4-16(11-14)19-15)21-5-1-2-17(21)13-20-6-8-23-9-7-20;;/h14-17,19H,1-13H2;2*1H. The molecular weight excluding hydrogens is 361 g/mol. The van der Waals surface area contributed by atoms with E-state index in [0.29, 0.717) is 30.0 Å². The molecule has 0 spiro atoms. The number of carbonyl (C=O) groups is 1. The fraction of sp³-hybridized carbons (Fsp3) is 0.944. The van der Waals surface area contributed by atoms with Crippen molar-refractivity contribution in [2.24, 2.45) is 5.92 Å². The van der Waals surface area contributed by atoms with E-state index in [4.69, 9.17) is 4.74 Å². The first-order chi connectivity index (χ1) is 11.3. The zero-order valence-corrected chi connectivity index (χ0v) is 16.7. The average Bonchev–Trinajstić information content (AvgIpc) is 3.15. The Balaban J connectivity index is 0.00000113. The highest BCUT2D eigenvalue weighted by Gasteiger charge is 2.36. The summed E-state index contributed by atoms with van der Waals surface area (Å²) < 4.78 is 5.44. The number of nitrogens with one attached hydrogen (secondary N) is 1. The van der Waals surface area contributed by atoms with Crippen LogP contribution in [0.15, 0.2) is 0 Å². The predicted molar refractivity (Wildman–Crippen MR) is 104 cm³/mol. The fourth-order valence-corrected chi connectivity index (χ4v) is 5.14. The van der Waals surface area contributed by atoms with Gasteiger partial charge in [-0.1, -0.05) is 0 Å². The van der Waals surface area contributed by atoms with Gasteiger partial charge in [0.2, 0.25) is 5.91 Å². The van der Waals surface area contributed by atoms with E-state index < -0.39 is 0 Å². The molecule has 4 rings (SSSR count). The van der Waals surface area contributed by atoms with Crippen LogP contribution in [-0.2, 0) is 9.53 Å². The predicted octanol–water partition coefficient (Wildman–Crippen LogP) is 2.07. The molecule has 146 valence electrons. The van der Waals surface area contributed by atoms with Gasteiger partial charge in [-0.15, -0.1) is 24.8 Å². The summed E-state index contributed by atoms with van der Waals surface area (Å²) in [4.78, 5) is 17.5. The minimum Gasteiger partial charge on any atom is -0.379 e. The highest BCUT2D eigenvalue weighted by molar-refractivity contribution is 5.85. The van der Waals surface area contributed by atoms with Crippen molar-refractivity contribution in [3.8, 4) is 0 Å². The molecule has 4 aliphatic rings. The van der Waals surface area contributed by atoms with Crippen molar-refractivity contribution in [2.45, 2.75) is 63.1 Å². The number of fused-ring (bicyclic) bond motifs is 2. The number of carbonyl (C=O) groups excluding carboxylic acids is 1. The lowest BCUT2D eigenvalue weighted by atomic mass is 9.89. The van der Waals surface area contributed by atoms with Crippen LogP contribution in [0.1, 0.15) is 44.9 Å². The van der Waals surface area contributed by atoms with Crippen molar-refractivity contribution in [1.29, 1.82) is 0 Å². The highest BCUT2D eigenvalue weighted by atomic mass is 35.5. The summed E-state index contributed by atoms with van der Waals surface area (Å²) in [6.07, 6.45) is 8.21. The summed E-state index contributed by atoms with van der Waals surface area (Å²) in [6, 6.07) is 1.82. The third-order valence-corrected chi connectivity index (χ3v) is 6.30. The third kappa shape index (κ3) is 5.23. The van der Waals surface area contributed by atoms with Gasteiger partial charge < -0.3 is 15.0 Å². The second kappa shape index (κ2) is 9.75. The minimum atomic E-state index is 0. The normalized spacial score (nSPS) is 35.1. The maximum absolute atomic E-state index is 12.9. The summed E-state index contributed by atoms with van der Waals surface area (Å²) in [7, 11) is 0. The van der Waals surface area contributed by atoms with E-state index in [2.05, 4.69) is 15.1 Å². The molecule has 0 aliphatic carbocycles. The molecule has 1 amide bonds. The van der Waals surface area contributed by atoms with Crippen molar-refractivity contribution >= 4 is 30.7 Å². The monoisotopic (exact) mass is 393 g/mol. The SMILES string of the molecule is Cl.Cl.O=C(CC1CC2CCC(C1)N2)N1CCCC1CN1CCOCC1. The first-order valence-electron chi connectivity index (χ1n) is 9.63. The Morgan fingerprint density at radius 3 is 2.36 bits per heavy atom. The number of hydrogen-bond donors (Lipinski definition) is 1. The number of amides is 1. The number of morpholine rings is 1. The molecule has 3 atom stereocenters. The number of piperidine rings is 1. The fourth-order valence-electron chi connectivity index (χ4n) is 5.14. The molecule has 5 nitrogen and oxygen atoms in total. The van der Waals surface area contributed by atoms with Gasteiger partial charge in [0.25, 0.3) is 0 Å². The second-order valence-electron chi connectivity index (χ2n) is 7.98. The van der Waals surface area contributed by atoms with E-state index >= 15 is 0 Å². The molecular formula is C18H33Cl2N3O2. The molecule has 4 heterocycles. The maximum atomic E-state index is 12.9. The van der Waals surface area contributed by atoms with Crippen molar-refractivity contribution in [2.75, 3.05) is 39.4 Å². The molecule has 0 aromatic carbocycles. The van der Waals surface area contributed by atoms with E-state index in [-0.39, 0.29) is 24.8 Å². The smallest absolute Gasteiger partial charge is 0.223 e. The Morgan fingerprint density at radius 2 is 1.68 bits per heavy atom. The van der Waals surface area contributed by atoms with Crippen LogP contribution in [-0.4, -0.2) is 73.2 Å². The van der Waals surface area contributed by atoms with Crippen LogP contribution in [0.25, 0.3) is 0 Å². The van der Waals surface area contributed by atoms with Gasteiger partial charge in [0.05, 0.1) is 13.2 Å². The van der Waals surface area contributed by atoms with Crippen LogP contribution in [0.4, 0.5) is 0 Å². The molecule has 25 heavy (non-hydrogen) atoms. The molecule has 1 N–H and O–H groups in total. The van der Waals surface area contributed by atoms with Crippen LogP contribution in [0.3, 0.4) is 0 Å². The van der Waals surface area contributed by atoms with E-state index in [1.54, 1.807) is 0 Å². The van der Waals surface area contributed by atoms with Gasteiger partial charge in [0.1, 0.15) is 0 Å². The molecule has 7 heteroatoms. The van der Waals surface area contributed by atoms with Crippen molar-refractivity contribution in [1.82, 2.24) is 15.1 Å². The van der Waals surface area contributed by atoms with Gasteiger partial charge in [-0.3, -0.25) is 9.69 Å². The van der Waals surface area contributed by atoms with E-state index in [9.17, 15) is 4.79 Å². The van der Waals surface area contributed by atoms with Crippen LogP contribution < -0.4 is 5.32 Å². The Morgan fingerprint density at radius 1 is 1.00 bits per heavy atom. The molecule has 0 aromatic rings. The summed E-state index contributed by atoms with van der Waals surface area (Å²) in [5, 5.41) is 3.68. The Hall–Kier alpha value is -0.0700. The van der Waals surface area contributed by atoms with Crippen molar-refractivity contribution < 1.29 is 9.53 Å². The number of hydrogen-bond acceptors (Lipinski definition) is 4. The highest BCUT2D eigenvalue weighted by Crippen LogP contribution is 2.33. The molecule has 3 unspecified atom stereocenters. The quantitative estimate of drug-likeness (QED) is 0.793. The zero-order valence-electron chi connectivity index (χ0n) is 15.0. The zero-order chi connectivity index (χ0) is 15.6. The molecule has 0 radical (unpaired) electrons. The van der Waals surface area contributed by atoms with E-state index in [1.807, 2.05) is 0 Å². The van der Waals surface area contributed by atoms with Gasteiger partial charge in [0.15, 0.2) is 0 Å². The number of halogens is 2. The number of likely N-dealkylation sites (tertiary alicyclic amines) is 1. The Bertz CT molecular complexity index is 423. The van der Waals surface area contributed by atoms with Gasteiger partial charge in [-0.2, -0.15) is 0 Å². The first-order valence-corrected chi connectivity index (χ1v) is 9.63. The minimum absolute atomic E-state index is 0. The van der Waals surface area contributed by atoms with Crippen molar-refractivity contribution in [3.63, 3.8) is 0 Å². The lowest BCUT2D eigenvalue weighted by Gasteiger charge is -2.34. The molecule has 0 saturated carbocycles.